The summed E-state index contributed by atoms with van der Waals surface area (Å²) in [6, 6.07) is 0. The maximum Gasteiger partial charge on any atom is 0.00816 e. The Morgan fingerprint density at radius 3 is 2.18 bits per heavy atom. The molecule has 0 aromatic heterocycles. The van der Waals surface area contributed by atoms with Gasteiger partial charge in [-0.3, -0.25) is 0 Å². The molecule has 0 bridgehead atoms. The van der Waals surface area contributed by atoms with E-state index in [0.29, 0.717) is 5.92 Å². The lowest BCUT2D eigenvalue weighted by Gasteiger charge is -2.20. The third-order valence-electron chi connectivity index (χ3n) is 2.59. The molecule has 0 aliphatic carbocycles. The maximum absolute atomic E-state index is 4.47. The first-order chi connectivity index (χ1) is 8.28. The van der Waals surface area contributed by atoms with E-state index in [4.69, 9.17) is 0 Å². The second kappa shape index (κ2) is 14.9. The minimum atomic E-state index is 0.699. The van der Waals surface area contributed by atoms with Crippen LogP contribution in [0.5, 0.6) is 0 Å². The summed E-state index contributed by atoms with van der Waals surface area (Å²) < 4.78 is 0. The number of rotatable bonds is 12. The molecular weight excluding hydrogens is 345 g/mol. The molecule has 0 fully saturated rings. The van der Waals surface area contributed by atoms with E-state index in [2.05, 4.69) is 49.5 Å². The molecule has 0 radical (unpaired) electrons. The summed E-state index contributed by atoms with van der Waals surface area (Å²) in [5, 5.41) is 0. The SMILES string of the molecule is SCCCCC(CS)CC(CS)CSSSS. The molecule has 0 rings (SSSR count). The van der Waals surface area contributed by atoms with Crippen molar-refractivity contribution < 1.29 is 0 Å². The first-order valence-corrected chi connectivity index (χ1v) is 12.3. The molecule has 0 saturated carbocycles. The van der Waals surface area contributed by atoms with Crippen LogP contribution in [-0.2, 0) is 0 Å². The Kier molecular flexibility index (Phi) is 17.0. The van der Waals surface area contributed by atoms with Gasteiger partial charge in [0.1, 0.15) is 0 Å². The maximum atomic E-state index is 4.47. The third-order valence-corrected chi connectivity index (χ3v) is 8.64. The molecule has 2 atom stereocenters. The Labute approximate surface area is 139 Å². The molecule has 0 aliphatic heterocycles. The quantitative estimate of drug-likeness (QED) is 0.206. The van der Waals surface area contributed by atoms with Gasteiger partial charge in [0, 0.05) is 5.75 Å². The van der Waals surface area contributed by atoms with Crippen molar-refractivity contribution in [1.29, 1.82) is 0 Å². The van der Waals surface area contributed by atoms with Gasteiger partial charge in [0.25, 0.3) is 0 Å². The van der Waals surface area contributed by atoms with Crippen molar-refractivity contribution in [3.05, 3.63) is 0 Å². The summed E-state index contributed by atoms with van der Waals surface area (Å²) in [4.78, 5) is 0. The number of unbranched alkanes of at least 4 members (excludes halogenated alkanes) is 1. The predicted octanol–water partition coefficient (Wildman–Crippen LogP) is 5.44. The van der Waals surface area contributed by atoms with Crippen LogP contribution in [0.1, 0.15) is 25.7 Å². The van der Waals surface area contributed by atoms with E-state index in [9.17, 15) is 0 Å². The third kappa shape index (κ3) is 11.9. The number of hydrogen-bond acceptors (Lipinski definition) is 7. The topological polar surface area (TPSA) is 0 Å². The highest BCUT2D eigenvalue weighted by molar-refractivity contribution is 9.23. The largest absolute Gasteiger partial charge is 0.179 e. The molecule has 17 heavy (non-hydrogen) atoms. The standard InChI is InChI=1S/C10H22S7/c11-4-2-1-3-9(6-12)5-10(7-13)8-15-17-16-14/h9-14H,1-8H2. The fourth-order valence-corrected chi connectivity index (χ4v) is 6.12. The summed E-state index contributed by atoms with van der Waals surface area (Å²) in [7, 11) is 5.15. The van der Waals surface area contributed by atoms with Crippen LogP contribution in [0.15, 0.2) is 0 Å². The van der Waals surface area contributed by atoms with Crippen molar-refractivity contribution >= 4 is 80.0 Å². The van der Waals surface area contributed by atoms with Gasteiger partial charge in [-0.25, -0.2) is 0 Å². The molecule has 0 nitrogen and oxygen atoms in total. The molecule has 0 heterocycles. The van der Waals surface area contributed by atoms with E-state index in [-0.39, 0.29) is 0 Å². The van der Waals surface area contributed by atoms with Crippen LogP contribution >= 0.6 is 80.0 Å². The summed E-state index contributed by atoms with van der Waals surface area (Å²) in [6.45, 7) is 0. The number of hydrogen-bond donors (Lipinski definition) is 4. The molecule has 2 unspecified atom stereocenters. The van der Waals surface area contributed by atoms with Gasteiger partial charge in [0.15, 0.2) is 0 Å². The second-order valence-electron chi connectivity index (χ2n) is 3.98. The summed E-state index contributed by atoms with van der Waals surface area (Å²) >= 11 is 17.3. The molecule has 0 amide bonds. The highest BCUT2D eigenvalue weighted by atomic mass is 33.7. The zero-order chi connectivity index (χ0) is 12.9. The molecule has 0 N–H and O–H groups in total. The molecule has 7 heteroatoms. The average molecular weight is 367 g/mol. The van der Waals surface area contributed by atoms with Crippen LogP contribution in [0, 0.1) is 11.8 Å². The molecule has 0 saturated heterocycles. The zero-order valence-electron chi connectivity index (χ0n) is 9.83. The van der Waals surface area contributed by atoms with Crippen molar-refractivity contribution in [2.45, 2.75) is 25.7 Å². The summed E-state index contributed by atoms with van der Waals surface area (Å²) in [5.74, 6) is 5.58. The van der Waals surface area contributed by atoms with Gasteiger partial charge in [0.05, 0.1) is 0 Å². The molecule has 0 aliphatic rings. The Morgan fingerprint density at radius 2 is 1.65 bits per heavy atom. The highest BCUT2D eigenvalue weighted by Crippen LogP contribution is 2.39. The van der Waals surface area contributed by atoms with Gasteiger partial charge in [-0.1, -0.05) is 28.9 Å². The van der Waals surface area contributed by atoms with Crippen LogP contribution in [0.2, 0.25) is 0 Å². The molecule has 0 aromatic rings. The first kappa shape index (κ1) is 19.4. The lowest BCUT2D eigenvalue weighted by atomic mass is 9.94. The van der Waals surface area contributed by atoms with Gasteiger partial charge in [0.2, 0.25) is 0 Å². The van der Waals surface area contributed by atoms with E-state index < -0.39 is 0 Å². The Hall–Kier alpha value is 2.45. The molecule has 104 valence electrons. The average Bonchev–Trinajstić information content (AvgIpc) is 2.36. The first-order valence-electron chi connectivity index (χ1n) is 5.70. The zero-order valence-corrected chi connectivity index (χ0v) is 15.9. The van der Waals surface area contributed by atoms with Gasteiger partial charge < -0.3 is 0 Å². The lowest BCUT2D eigenvalue weighted by Crippen LogP contribution is -2.14. The lowest BCUT2D eigenvalue weighted by molar-refractivity contribution is 0.419. The predicted molar refractivity (Wildman–Crippen MR) is 104 cm³/mol. The van der Waals surface area contributed by atoms with Crippen LogP contribution in [0.4, 0.5) is 0 Å². The van der Waals surface area contributed by atoms with Crippen molar-refractivity contribution in [2.75, 3.05) is 23.0 Å². The smallest absolute Gasteiger partial charge is 0.00816 e. The van der Waals surface area contributed by atoms with Gasteiger partial charge in [-0.15, -0.1) is 0 Å². The normalized spacial score (nSPS) is 14.8. The minimum Gasteiger partial charge on any atom is -0.179 e. The Morgan fingerprint density at radius 1 is 0.941 bits per heavy atom. The van der Waals surface area contributed by atoms with Gasteiger partial charge in [-0.05, 0) is 68.0 Å². The van der Waals surface area contributed by atoms with E-state index >= 15 is 0 Å². The fourth-order valence-electron chi connectivity index (χ4n) is 1.64. The molecule has 0 aromatic carbocycles. The van der Waals surface area contributed by atoms with Crippen LogP contribution in [0.3, 0.4) is 0 Å². The second-order valence-corrected chi connectivity index (χ2v) is 10.1. The van der Waals surface area contributed by atoms with Crippen LogP contribution in [-0.4, -0.2) is 23.0 Å². The molecular formula is C10H22S7. The van der Waals surface area contributed by atoms with E-state index in [1.54, 1.807) is 9.83 Å². The van der Waals surface area contributed by atoms with E-state index in [0.717, 1.165) is 23.2 Å². The van der Waals surface area contributed by atoms with Crippen LogP contribution in [0.25, 0.3) is 0 Å². The summed E-state index contributed by atoms with van der Waals surface area (Å²) in [6.07, 6.45) is 5.04. The van der Waals surface area contributed by atoms with Gasteiger partial charge in [-0.2, -0.15) is 37.9 Å². The van der Waals surface area contributed by atoms with Crippen molar-refractivity contribution in [2.24, 2.45) is 11.8 Å². The number of thiol groups is 4. The minimum absolute atomic E-state index is 0.699. The van der Waals surface area contributed by atoms with Crippen molar-refractivity contribution in [3.8, 4) is 0 Å². The Bertz CT molecular complexity index is 140. The van der Waals surface area contributed by atoms with E-state index in [1.165, 1.54) is 41.3 Å². The van der Waals surface area contributed by atoms with Gasteiger partial charge >= 0.3 is 0 Å². The van der Waals surface area contributed by atoms with E-state index in [1.807, 2.05) is 10.8 Å². The Balaban J connectivity index is 3.77. The van der Waals surface area contributed by atoms with Crippen molar-refractivity contribution in [1.82, 2.24) is 0 Å². The van der Waals surface area contributed by atoms with Crippen LogP contribution < -0.4 is 0 Å². The van der Waals surface area contributed by atoms with Crippen molar-refractivity contribution in [3.63, 3.8) is 0 Å². The highest BCUT2D eigenvalue weighted by Gasteiger charge is 2.14. The monoisotopic (exact) mass is 366 g/mol. The summed E-state index contributed by atoms with van der Waals surface area (Å²) in [5.41, 5.74) is 0. The fraction of sp³-hybridized carbons (Fsp3) is 1.00. The molecule has 0 spiro atoms.